The zero-order valence-electron chi connectivity index (χ0n) is 8.46. The van der Waals surface area contributed by atoms with E-state index in [1.165, 1.54) is 0 Å². The van der Waals surface area contributed by atoms with Gasteiger partial charge < -0.3 is 4.52 Å². The zero-order chi connectivity index (χ0) is 10.8. The summed E-state index contributed by atoms with van der Waals surface area (Å²) in [5, 5.41) is 7.26. The van der Waals surface area contributed by atoms with E-state index in [1.54, 1.807) is 12.4 Å². The highest BCUT2D eigenvalue weighted by Gasteiger charge is 2.22. The van der Waals surface area contributed by atoms with E-state index < -0.39 is 0 Å². The summed E-state index contributed by atoms with van der Waals surface area (Å²) >= 11 is 1.83. The number of hydrogen-bond donors (Lipinski definition) is 1. The normalized spacial score (nSPS) is 20.1. The molecule has 0 aliphatic carbocycles. The molecule has 0 amide bonds. The van der Waals surface area contributed by atoms with Crippen molar-refractivity contribution in [3.63, 3.8) is 0 Å². The number of nitrogens with zero attached hydrogens (tertiary/aromatic N) is 3. The molecule has 16 heavy (non-hydrogen) atoms. The van der Waals surface area contributed by atoms with Crippen LogP contribution in [0.4, 0.5) is 0 Å². The highest BCUT2D eigenvalue weighted by Crippen LogP contribution is 2.24. The van der Waals surface area contributed by atoms with Gasteiger partial charge in [-0.25, -0.2) is 0 Å². The summed E-state index contributed by atoms with van der Waals surface area (Å²) in [6.07, 6.45) is 3.43. The number of thioether (sulfide) groups is 1. The van der Waals surface area contributed by atoms with Gasteiger partial charge in [0.2, 0.25) is 11.7 Å². The molecular weight excluding hydrogens is 224 g/mol. The SMILES string of the molecule is c1cc(-c2noc(C3CSCN3)n2)ccn1. The second-order valence-corrected chi connectivity index (χ2v) is 4.49. The minimum absolute atomic E-state index is 0.188. The number of hydrogen-bond acceptors (Lipinski definition) is 6. The Labute approximate surface area is 96.7 Å². The van der Waals surface area contributed by atoms with Crippen molar-refractivity contribution in [1.29, 1.82) is 0 Å². The molecule has 0 aromatic carbocycles. The topological polar surface area (TPSA) is 63.8 Å². The fraction of sp³-hybridized carbons (Fsp3) is 0.300. The molecule has 1 fully saturated rings. The number of aromatic nitrogens is 3. The zero-order valence-corrected chi connectivity index (χ0v) is 9.28. The van der Waals surface area contributed by atoms with Crippen LogP contribution in [0.1, 0.15) is 11.9 Å². The van der Waals surface area contributed by atoms with Gasteiger partial charge in [0.1, 0.15) is 0 Å². The van der Waals surface area contributed by atoms with Gasteiger partial charge in [-0.3, -0.25) is 10.3 Å². The summed E-state index contributed by atoms with van der Waals surface area (Å²) in [7, 11) is 0. The molecule has 1 atom stereocenters. The Morgan fingerprint density at radius 1 is 1.38 bits per heavy atom. The first kappa shape index (κ1) is 9.80. The molecule has 1 aliphatic rings. The third-order valence-electron chi connectivity index (χ3n) is 2.39. The molecule has 1 aliphatic heterocycles. The van der Waals surface area contributed by atoms with Crippen molar-refractivity contribution in [3.8, 4) is 11.4 Å². The van der Waals surface area contributed by atoms with Crippen LogP contribution in [0.2, 0.25) is 0 Å². The molecular formula is C10H10N4OS. The monoisotopic (exact) mass is 234 g/mol. The third-order valence-corrected chi connectivity index (χ3v) is 3.33. The first-order valence-corrected chi connectivity index (χ1v) is 6.14. The van der Waals surface area contributed by atoms with E-state index in [4.69, 9.17) is 4.52 Å². The van der Waals surface area contributed by atoms with Crippen molar-refractivity contribution >= 4 is 11.8 Å². The largest absolute Gasteiger partial charge is 0.337 e. The van der Waals surface area contributed by atoms with Crippen molar-refractivity contribution in [1.82, 2.24) is 20.4 Å². The molecule has 3 heterocycles. The molecule has 1 saturated heterocycles. The molecule has 1 unspecified atom stereocenters. The first-order chi connectivity index (χ1) is 7.93. The predicted octanol–water partition coefficient (Wildman–Crippen LogP) is 1.47. The van der Waals surface area contributed by atoms with Crippen LogP contribution >= 0.6 is 11.8 Å². The van der Waals surface area contributed by atoms with Crippen molar-refractivity contribution < 1.29 is 4.52 Å². The number of pyridine rings is 1. The van der Waals surface area contributed by atoms with Crippen LogP contribution in [-0.4, -0.2) is 26.8 Å². The second-order valence-electron chi connectivity index (χ2n) is 3.46. The lowest BCUT2D eigenvalue weighted by Gasteiger charge is -2.00. The minimum Gasteiger partial charge on any atom is -0.337 e. The summed E-state index contributed by atoms with van der Waals surface area (Å²) in [6, 6.07) is 3.92. The van der Waals surface area contributed by atoms with E-state index in [9.17, 15) is 0 Å². The molecule has 1 N–H and O–H groups in total. The number of rotatable bonds is 2. The smallest absolute Gasteiger partial charge is 0.244 e. The summed E-state index contributed by atoms with van der Waals surface area (Å²) in [5.74, 6) is 3.21. The van der Waals surface area contributed by atoms with Gasteiger partial charge >= 0.3 is 0 Å². The second kappa shape index (κ2) is 4.23. The van der Waals surface area contributed by atoms with Gasteiger partial charge in [0, 0.05) is 29.6 Å². The molecule has 3 rings (SSSR count). The van der Waals surface area contributed by atoms with Crippen LogP contribution in [0.15, 0.2) is 29.0 Å². The highest BCUT2D eigenvalue weighted by atomic mass is 32.2. The fourth-order valence-electron chi connectivity index (χ4n) is 1.55. The quantitative estimate of drug-likeness (QED) is 0.848. The van der Waals surface area contributed by atoms with Gasteiger partial charge in [-0.2, -0.15) is 4.98 Å². The molecule has 2 aromatic heterocycles. The Balaban J connectivity index is 1.87. The van der Waals surface area contributed by atoms with E-state index in [-0.39, 0.29) is 6.04 Å². The first-order valence-electron chi connectivity index (χ1n) is 4.98. The molecule has 0 bridgehead atoms. The van der Waals surface area contributed by atoms with Crippen LogP contribution in [0, 0.1) is 0 Å². The standard InChI is InChI=1S/C10H10N4OS/c1-3-11-4-2-7(1)9-13-10(15-14-9)8-5-16-6-12-8/h1-4,8,12H,5-6H2. The maximum atomic E-state index is 5.25. The van der Waals surface area contributed by atoms with E-state index in [0.717, 1.165) is 17.2 Å². The highest BCUT2D eigenvalue weighted by molar-refractivity contribution is 7.99. The maximum absolute atomic E-state index is 5.25. The molecule has 0 spiro atoms. The Morgan fingerprint density at radius 2 is 2.25 bits per heavy atom. The summed E-state index contributed by atoms with van der Waals surface area (Å²) in [6.45, 7) is 0. The van der Waals surface area contributed by atoms with Gasteiger partial charge in [-0.15, -0.1) is 11.8 Å². The molecule has 2 aromatic rings. The van der Waals surface area contributed by atoms with Crippen molar-refractivity contribution in [2.75, 3.05) is 11.6 Å². The van der Waals surface area contributed by atoms with E-state index in [0.29, 0.717) is 11.7 Å². The lowest BCUT2D eigenvalue weighted by Crippen LogP contribution is -2.14. The van der Waals surface area contributed by atoms with Crippen LogP contribution in [-0.2, 0) is 0 Å². The number of nitrogens with one attached hydrogen (secondary N) is 1. The van der Waals surface area contributed by atoms with Crippen molar-refractivity contribution in [3.05, 3.63) is 30.4 Å². The molecule has 0 saturated carbocycles. The van der Waals surface area contributed by atoms with Gasteiger partial charge in [0.05, 0.1) is 6.04 Å². The van der Waals surface area contributed by atoms with E-state index in [1.807, 2.05) is 23.9 Å². The summed E-state index contributed by atoms with van der Waals surface area (Å²) < 4.78 is 5.25. The Morgan fingerprint density at radius 3 is 3.00 bits per heavy atom. The van der Waals surface area contributed by atoms with Crippen LogP contribution < -0.4 is 5.32 Å². The minimum atomic E-state index is 0.188. The third kappa shape index (κ3) is 1.81. The van der Waals surface area contributed by atoms with Crippen LogP contribution in [0.3, 0.4) is 0 Å². The fourth-order valence-corrected chi connectivity index (χ4v) is 2.48. The Hall–Kier alpha value is -1.40. The summed E-state index contributed by atoms with van der Waals surface area (Å²) in [4.78, 5) is 8.33. The molecule has 0 radical (unpaired) electrons. The van der Waals surface area contributed by atoms with Crippen molar-refractivity contribution in [2.45, 2.75) is 6.04 Å². The maximum Gasteiger partial charge on any atom is 0.244 e. The summed E-state index contributed by atoms with van der Waals surface area (Å²) in [5.41, 5.74) is 0.927. The van der Waals surface area contributed by atoms with Gasteiger partial charge in [-0.1, -0.05) is 5.16 Å². The average Bonchev–Trinajstić information content (AvgIpc) is 3.01. The molecule has 5 nitrogen and oxygen atoms in total. The average molecular weight is 234 g/mol. The van der Waals surface area contributed by atoms with Crippen molar-refractivity contribution in [2.24, 2.45) is 0 Å². The van der Waals surface area contributed by atoms with Crippen LogP contribution in [0.25, 0.3) is 11.4 Å². The van der Waals surface area contributed by atoms with Gasteiger partial charge in [0.25, 0.3) is 0 Å². The lowest BCUT2D eigenvalue weighted by atomic mass is 10.2. The van der Waals surface area contributed by atoms with Gasteiger partial charge in [-0.05, 0) is 12.1 Å². The van der Waals surface area contributed by atoms with E-state index >= 15 is 0 Å². The molecule has 6 heteroatoms. The van der Waals surface area contributed by atoms with Crippen LogP contribution in [0.5, 0.6) is 0 Å². The Kier molecular flexibility index (Phi) is 2.59. The van der Waals surface area contributed by atoms with E-state index in [2.05, 4.69) is 20.4 Å². The molecule has 82 valence electrons. The predicted molar refractivity (Wildman–Crippen MR) is 60.7 cm³/mol. The Bertz CT molecular complexity index is 467. The lowest BCUT2D eigenvalue weighted by molar-refractivity contribution is 0.351. The van der Waals surface area contributed by atoms with Gasteiger partial charge in [0.15, 0.2) is 0 Å².